The highest BCUT2D eigenvalue weighted by molar-refractivity contribution is 6.06. The van der Waals surface area contributed by atoms with Gasteiger partial charge in [0, 0.05) is 13.0 Å². The number of hydrogen-bond acceptors (Lipinski definition) is 3. The van der Waals surface area contributed by atoms with Gasteiger partial charge in [-0.3, -0.25) is 14.5 Å². The van der Waals surface area contributed by atoms with E-state index in [2.05, 4.69) is 6.92 Å². The van der Waals surface area contributed by atoms with E-state index in [-0.39, 0.29) is 17.7 Å². The molecule has 2 fully saturated rings. The molecule has 4 nitrogen and oxygen atoms in total. The van der Waals surface area contributed by atoms with Crippen LogP contribution in [0.2, 0.25) is 0 Å². The molecule has 1 aliphatic heterocycles. The maximum atomic E-state index is 12.9. The van der Waals surface area contributed by atoms with Gasteiger partial charge in [0.15, 0.2) is 0 Å². The number of likely N-dealkylation sites (tertiary alicyclic amines) is 1. The molecule has 2 rings (SSSR count). The number of hydrogen-bond donors (Lipinski definition) is 1. The van der Waals surface area contributed by atoms with Crippen molar-refractivity contribution in [2.75, 3.05) is 6.54 Å². The Morgan fingerprint density at radius 3 is 2.50 bits per heavy atom. The van der Waals surface area contributed by atoms with Crippen molar-refractivity contribution < 1.29 is 9.59 Å². The number of amides is 2. The second kappa shape index (κ2) is 5.14. The molecule has 0 aromatic rings. The number of imide groups is 1. The third-order valence-electron chi connectivity index (χ3n) is 5.66. The maximum Gasteiger partial charge on any atom is 0.236 e. The predicted molar refractivity (Wildman–Crippen MR) is 78.8 cm³/mol. The van der Waals surface area contributed by atoms with Crippen molar-refractivity contribution in [2.24, 2.45) is 23.0 Å². The lowest BCUT2D eigenvalue weighted by atomic mass is 9.74. The molecule has 0 aromatic carbocycles. The Labute approximate surface area is 122 Å². The molecule has 2 N–H and O–H groups in total. The molecule has 2 amide bonds. The third-order valence-corrected chi connectivity index (χ3v) is 5.66. The van der Waals surface area contributed by atoms with Crippen LogP contribution in [0.5, 0.6) is 0 Å². The first-order valence-electron chi connectivity index (χ1n) is 7.84. The van der Waals surface area contributed by atoms with Crippen LogP contribution in [0.3, 0.4) is 0 Å². The van der Waals surface area contributed by atoms with Gasteiger partial charge >= 0.3 is 0 Å². The van der Waals surface area contributed by atoms with Gasteiger partial charge in [-0.2, -0.15) is 0 Å². The monoisotopic (exact) mass is 280 g/mol. The highest BCUT2D eigenvalue weighted by atomic mass is 16.2. The van der Waals surface area contributed by atoms with E-state index in [1.54, 1.807) is 4.90 Å². The fourth-order valence-electron chi connectivity index (χ4n) is 3.88. The lowest BCUT2D eigenvalue weighted by Gasteiger charge is -2.45. The van der Waals surface area contributed by atoms with Crippen LogP contribution < -0.4 is 5.73 Å². The quantitative estimate of drug-likeness (QED) is 0.807. The summed E-state index contributed by atoms with van der Waals surface area (Å²) in [6.07, 6.45) is 4.27. The van der Waals surface area contributed by atoms with E-state index in [1.807, 2.05) is 20.8 Å². The zero-order valence-electron chi connectivity index (χ0n) is 13.2. The molecule has 20 heavy (non-hydrogen) atoms. The van der Waals surface area contributed by atoms with Gasteiger partial charge in [-0.1, -0.05) is 33.6 Å². The van der Waals surface area contributed by atoms with Gasteiger partial charge in [0.25, 0.3) is 0 Å². The first kappa shape index (κ1) is 15.5. The molecule has 2 aliphatic rings. The van der Waals surface area contributed by atoms with Crippen molar-refractivity contribution in [3.63, 3.8) is 0 Å². The minimum absolute atomic E-state index is 0.00273. The van der Waals surface area contributed by atoms with Crippen LogP contribution in [0.15, 0.2) is 0 Å². The molecule has 0 spiro atoms. The minimum Gasteiger partial charge on any atom is -0.328 e. The fourth-order valence-corrected chi connectivity index (χ4v) is 3.88. The molecule has 0 radical (unpaired) electrons. The summed E-state index contributed by atoms with van der Waals surface area (Å²) in [5.41, 5.74) is 5.04. The SMILES string of the molecule is CC1CCCC(CN)(N2C(=O)CC(C)(C(C)C)C2=O)C1. The minimum atomic E-state index is -0.556. The van der Waals surface area contributed by atoms with E-state index < -0.39 is 11.0 Å². The average molecular weight is 280 g/mol. The lowest BCUT2D eigenvalue weighted by molar-refractivity contribution is -0.151. The number of nitrogens with zero attached hydrogens (tertiary/aromatic N) is 1. The smallest absolute Gasteiger partial charge is 0.236 e. The van der Waals surface area contributed by atoms with Crippen molar-refractivity contribution in [1.29, 1.82) is 0 Å². The van der Waals surface area contributed by atoms with Gasteiger partial charge in [0.05, 0.1) is 11.0 Å². The van der Waals surface area contributed by atoms with E-state index in [9.17, 15) is 9.59 Å². The van der Waals surface area contributed by atoms with Gasteiger partial charge in [-0.05, 0) is 31.6 Å². The standard InChI is InChI=1S/C16H28N2O2/c1-11(2)15(4)9-13(19)18(14(15)20)16(10-17)7-5-6-12(3)8-16/h11-12H,5-10,17H2,1-4H3. The zero-order chi connectivity index (χ0) is 15.1. The Morgan fingerprint density at radius 2 is 2.05 bits per heavy atom. The van der Waals surface area contributed by atoms with Crippen LogP contribution in [0.1, 0.15) is 59.8 Å². The Kier molecular flexibility index (Phi) is 3.98. The number of nitrogens with two attached hydrogens (primary N) is 1. The van der Waals surface area contributed by atoms with E-state index in [0.29, 0.717) is 18.9 Å². The Hall–Kier alpha value is -0.900. The second-order valence-corrected chi connectivity index (χ2v) is 7.41. The molecule has 1 saturated heterocycles. The maximum absolute atomic E-state index is 12.9. The van der Waals surface area contributed by atoms with Crippen LogP contribution in [0.25, 0.3) is 0 Å². The van der Waals surface area contributed by atoms with Crippen LogP contribution >= 0.6 is 0 Å². The Bertz CT molecular complexity index is 421. The molecular weight excluding hydrogens is 252 g/mol. The first-order chi connectivity index (χ1) is 9.27. The summed E-state index contributed by atoms with van der Waals surface area (Å²) >= 11 is 0. The largest absolute Gasteiger partial charge is 0.328 e. The molecule has 4 heteroatoms. The van der Waals surface area contributed by atoms with Gasteiger partial charge < -0.3 is 5.73 Å². The Balaban J connectivity index is 2.36. The van der Waals surface area contributed by atoms with Crippen molar-refractivity contribution in [3.05, 3.63) is 0 Å². The molecule has 114 valence electrons. The van der Waals surface area contributed by atoms with Crippen molar-refractivity contribution in [2.45, 2.75) is 65.3 Å². The van der Waals surface area contributed by atoms with E-state index >= 15 is 0 Å². The summed E-state index contributed by atoms with van der Waals surface area (Å²) in [4.78, 5) is 27.0. The highest BCUT2D eigenvalue weighted by Crippen LogP contribution is 2.46. The van der Waals surface area contributed by atoms with Crippen LogP contribution in [0.4, 0.5) is 0 Å². The summed E-state index contributed by atoms with van der Waals surface area (Å²) in [5, 5.41) is 0. The zero-order valence-corrected chi connectivity index (χ0v) is 13.2. The van der Waals surface area contributed by atoms with Crippen molar-refractivity contribution >= 4 is 11.8 Å². The molecule has 1 saturated carbocycles. The molecular formula is C16H28N2O2. The third kappa shape index (κ3) is 2.18. The van der Waals surface area contributed by atoms with Gasteiger partial charge in [-0.25, -0.2) is 0 Å². The summed E-state index contributed by atoms with van der Waals surface area (Å²) in [6, 6.07) is 0. The van der Waals surface area contributed by atoms with Crippen molar-refractivity contribution in [3.8, 4) is 0 Å². The number of rotatable bonds is 3. The summed E-state index contributed by atoms with van der Waals surface area (Å²) < 4.78 is 0. The van der Waals surface area contributed by atoms with Crippen LogP contribution in [-0.4, -0.2) is 28.8 Å². The molecule has 1 aliphatic carbocycles. The number of carbonyl (C=O) groups excluding carboxylic acids is 2. The second-order valence-electron chi connectivity index (χ2n) is 7.41. The van der Waals surface area contributed by atoms with Gasteiger partial charge in [0.1, 0.15) is 0 Å². The van der Waals surface area contributed by atoms with E-state index in [4.69, 9.17) is 5.73 Å². The molecule has 3 atom stereocenters. The summed E-state index contributed by atoms with van der Waals surface area (Å²) in [7, 11) is 0. The average Bonchev–Trinajstić information content (AvgIpc) is 2.61. The molecule has 0 aromatic heterocycles. The topological polar surface area (TPSA) is 63.4 Å². The van der Waals surface area contributed by atoms with Gasteiger partial charge in [-0.15, -0.1) is 0 Å². The molecule has 3 unspecified atom stereocenters. The lowest BCUT2D eigenvalue weighted by Crippen LogP contribution is -2.59. The molecule has 0 bridgehead atoms. The number of carbonyl (C=O) groups is 2. The molecule has 1 heterocycles. The fraction of sp³-hybridized carbons (Fsp3) is 0.875. The van der Waals surface area contributed by atoms with Crippen LogP contribution in [-0.2, 0) is 9.59 Å². The predicted octanol–water partition coefficient (Wildman–Crippen LogP) is 2.32. The Morgan fingerprint density at radius 1 is 1.40 bits per heavy atom. The van der Waals surface area contributed by atoms with Crippen molar-refractivity contribution in [1.82, 2.24) is 4.90 Å². The summed E-state index contributed by atoms with van der Waals surface area (Å²) in [5.74, 6) is 0.668. The summed E-state index contributed by atoms with van der Waals surface area (Å²) in [6.45, 7) is 8.55. The normalized spacial score (nSPS) is 38.9. The van der Waals surface area contributed by atoms with Gasteiger partial charge in [0.2, 0.25) is 11.8 Å². The van der Waals surface area contributed by atoms with E-state index in [0.717, 1.165) is 19.3 Å². The van der Waals surface area contributed by atoms with Crippen LogP contribution in [0, 0.1) is 17.3 Å². The van der Waals surface area contributed by atoms with E-state index in [1.165, 1.54) is 6.42 Å². The highest BCUT2D eigenvalue weighted by Gasteiger charge is 2.56. The first-order valence-corrected chi connectivity index (χ1v) is 7.84.